The SMILES string of the molecule is Nc1ccc(C(=O)c2cc3c(cc2Cl)OCCO3)c(Cl)c1. The molecule has 0 radical (unpaired) electrons. The standard InChI is InChI=1S/C15H11Cl2NO3/c16-11-5-8(18)1-2-9(11)15(19)10-6-13-14(7-12(10)17)21-4-3-20-13/h1-2,5-7H,3-4,18H2. The van der Waals surface area contributed by atoms with Crippen molar-refractivity contribution < 1.29 is 14.3 Å². The maximum Gasteiger partial charge on any atom is 0.196 e. The Hall–Kier alpha value is -1.91. The van der Waals surface area contributed by atoms with Gasteiger partial charge in [-0.15, -0.1) is 0 Å². The second-order valence-electron chi connectivity index (χ2n) is 4.54. The Labute approximate surface area is 131 Å². The first-order valence-electron chi connectivity index (χ1n) is 6.25. The third kappa shape index (κ3) is 2.64. The first-order valence-corrected chi connectivity index (χ1v) is 7.01. The van der Waals surface area contributed by atoms with E-state index in [2.05, 4.69) is 0 Å². The molecule has 0 saturated carbocycles. The number of nitrogen functional groups attached to an aromatic ring is 1. The van der Waals surface area contributed by atoms with Crippen LogP contribution in [0.2, 0.25) is 10.0 Å². The van der Waals surface area contributed by atoms with Crippen molar-refractivity contribution in [1.82, 2.24) is 0 Å². The molecule has 0 spiro atoms. The molecule has 1 aliphatic heterocycles. The molecule has 0 aromatic heterocycles. The van der Waals surface area contributed by atoms with Gasteiger partial charge in [0, 0.05) is 22.9 Å². The number of carbonyl (C=O) groups is 1. The van der Waals surface area contributed by atoms with Gasteiger partial charge in [0.1, 0.15) is 13.2 Å². The molecule has 0 aliphatic carbocycles. The van der Waals surface area contributed by atoms with E-state index in [4.69, 9.17) is 38.4 Å². The topological polar surface area (TPSA) is 61.6 Å². The van der Waals surface area contributed by atoms with Crippen LogP contribution in [0.4, 0.5) is 5.69 Å². The fourth-order valence-electron chi connectivity index (χ4n) is 2.10. The summed E-state index contributed by atoms with van der Waals surface area (Å²) in [6.07, 6.45) is 0. The molecule has 0 amide bonds. The maximum atomic E-state index is 12.6. The van der Waals surface area contributed by atoms with Gasteiger partial charge in [-0.25, -0.2) is 0 Å². The number of benzene rings is 2. The Bertz CT molecular complexity index is 731. The van der Waals surface area contributed by atoms with Crippen LogP contribution in [0.15, 0.2) is 30.3 Å². The van der Waals surface area contributed by atoms with Crippen LogP contribution < -0.4 is 15.2 Å². The van der Waals surface area contributed by atoms with Crippen LogP contribution in [-0.4, -0.2) is 19.0 Å². The van der Waals surface area contributed by atoms with Gasteiger partial charge in [-0.2, -0.15) is 0 Å². The second kappa shape index (κ2) is 5.47. The molecule has 0 bridgehead atoms. The van der Waals surface area contributed by atoms with E-state index in [1.54, 1.807) is 24.3 Å². The Kier molecular flexibility index (Phi) is 3.66. The molecule has 1 heterocycles. The van der Waals surface area contributed by atoms with E-state index in [-0.39, 0.29) is 15.8 Å². The predicted octanol–water partition coefficient (Wildman–Crippen LogP) is 3.58. The zero-order valence-electron chi connectivity index (χ0n) is 10.9. The van der Waals surface area contributed by atoms with Crippen LogP contribution in [0, 0.1) is 0 Å². The molecule has 21 heavy (non-hydrogen) atoms. The van der Waals surface area contributed by atoms with Gasteiger partial charge in [0.15, 0.2) is 17.3 Å². The van der Waals surface area contributed by atoms with E-state index < -0.39 is 0 Å². The number of anilines is 1. The Morgan fingerprint density at radius 2 is 1.57 bits per heavy atom. The van der Waals surface area contributed by atoms with Crippen LogP contribution >= 0.6 is 23.2 Å². The number of fused-ring (bicyclic) bond motifs is 1. The van der Waals surface area contributed by atoms with Crippen LogP contribution in [0.25, 0.3) is 0 Å². The molecule has 0 unspecified atom stereocenters. The average molecular weight is 324 g/mol. The van der Waals surface area contributed by atoms with Crippen molar-refractivity contribution in [2.45, 2.75) is 0 Å². The quantitative estimate of drug-likeness (QED) is 0.677. The third-order valence-electron chi connectivity index (χ3n) is 3.11. The molecule has 3 rings (SSSR count). The van der Waals surface area contributed by atoms with E-state index in [1.807, 2.05) is 0 Å². The number of hydrogen-bond acceptors (Lipinski definition) is 4. The lowest BCUT2D eigenvalue weighted by atomic mass is 10.0. The smallest absolute Gasteiger partial charge is 0.196 e. The van der Waals surface area contributed by atoms with Gasteiger partial charge in [-0.1, -0.05) is 23.2 Å². The van der Waals surface area contributed by atoms with Gasteiger partial charge in [0.2, 0.25) is 0 Å². The minimum absolute atomic E-state index is 0.283. The lowest BCUT2D eigenvalue weighted by Crippen LogP contribution is -2.16. The summed E-state index contributed by atoms with van der Waals surface area (Å²) >= 11 is 12.2. The zero-order valence-corrected chi connectivity index (χ0v) is 12.4. The molecule has 108 valence electrons. The highest BCUT2D eigenvalue weighted by molar-refractivity contribution is 6.38. The van der Waals surface area contributed by atoms with Crippen molar-refractivity contribution >= 4 is 34.7 Å². The summed E-state index contributed by atoms with van der Waals surface area (Å²) in [6, 6.07) is 7.87. The highest BCUT2D eigenvalue weighted by atomic mass is 35.5. The van der Waals surface area contributed by atoms with Gasteiger partial charge >= 0.3 is 0 Å². The molecule has 6 heteroatoms. The molecule has 2 N–H and O–H groups in total. The maximum absolute atomic E-state index is 12.6. The molecule has 0 atom stereocenters. The van der Waals surface area contributed by atoms with Crippen molar-refractivity contribution in [2.75, 3.05) is 18.9 Å². The minimum Gasteiger partial charge on any atom is -0.486 e. The van der Waals surface area contributed by atoms with Gasteiger partial charge in [-0.3, -0.25) is 4.79 Å². The van der Waals surface area contributed by atoms with Crippen LogP contribution in [0.3, 0.4) is 0 Å². The molecular weight excluding hydrogens is 313 g/mol. The fraction of sp³-hybridized carbons (Fsp3) is 0.133. The number of ether oxygens (including phenoxy) is 2. The first kappa shape index (κ1) is 14.0. The highest BCUT2D eigenvalue weighted by Crippen LogP contribution is 2.36. The van der Waals surface area contributed by atoms with Crippen molar-refractivity contribution in [3.05, 3.63) is 51.5 Å². The van der Waals surface area contributed by atoms with Gasteiger partial charge in [0.05, 0.1) is 10.0 Å². The monoisotopic (exact) mass is 323 g/mol. The van der Waals surface area contributed by atoms with Gasteiger partial charge in [-0.05, 0) is 24.3 Å². The Morgan fingerprint density at radius 1 is 0.952 bits per heavy atom. The number of ketones is 1. The van der Waals surface area contributed by atoms with E-state index >= 15 is 0 Å². The zero-order chi connectivity index (χ0) is 15.0. The summed E-state index contributed by atoms with van der Waals surface area (Å²) < 4.78 is 10.9. The fourth-order valence-corrected chi connectivity index (χ4v) is 2.61. The van der Waals surface area contributed by atoms with Crippen molar-refractivity contribution in [3.63, 3.8) is 0 Å². The summed E-state index contributed by atoms with van der Waals surface area (Å²) in [5.41, 5.74) is 6.77. The summed E-state index contributed by atoms with van der Waals surface area (Å²) in [6.45, 7) is 0.894. The molecule has 0 saturated heterocycles. The third-order valence-corrected chi connectivity index (χ3v) is 3.74. The van der Waals surface area contributed by atoms with Gasteiger partial charge in [0.25, 0.3) is 0 Å². The number of carbonyl (C=O) groups excluding carboxylic acids is 1. The van der Waals surface area contributed by atoms with Crippen LogP contribution in [0.1, 0.15) is 15.9 Å². The number of nitrogens with two attached hydrogens (primary N) is 1. The van der Waals surface area contributed by atoms with Crippen LogP contribution in [-0.2, 0) is 0 Å². The Balaban J connectivity index is 2.05. The summed E-state index contributed by atoms with van der Waals surface area (Å²) in [7, 11) is 0. The van der Waals surface area contributed by atoms with Crippen molar-refractivity contribution in [1.29, 1.82) is 0 Å². The lowest BCUT2D eigenvalue weighted by Gasteiger charge is -2.19. The normalized spacial score (nSPS) is 13.0. The number of halogens is 2. The minimum atomic E-state index is -0.290. The number of rotatable bonds is 2. The summed E-state index contributed by atoms with van der Waals surface area (Å²) in [5.74, 6) is 0.744. The number of hydrogen-bond donors (Lipinski definition) is 1. The van der Waals surface area contributed by atoms with Crippen molar-refractivity contribution in [3.8, 4) is 11.5 Å². The summed E-state index contributed by atoms with van der Waals surface area (Å²) in [5, 5.41) is 0.572. The van der Waals surface area contributed by atoms with Crippen molar-refractivity contribution in [2.24, 2.45) is 0 Å². The molecular formula is C15H11Cl2NO3. The van der Waals surface area contributed by atoms with E-state index in [9.17, 15) is 4.79 Å². The van der Waals surface area contributed by atoms with E-state index in [0.717, 1.165) is 0 Å². The molecule has 0 fully saturated rings. The largest absolute Gasteiger partial charge is 0.486 e. The van der Waals surface area contributed by atoms with Crippen LogP contribution in [0.5, 0.6) is 11.5 Å². The molecule has 1 aliphatic rings. The van der Waals surface area contributed by atoms with Gasteiger partial charge < -0.3 is 15.2 Å². The lowest BCUT2D eigenvalue weighted by molar-refractivity contribution is 0.103. The van der Waals surface area contributed by atoms with E-state index in [0.29, 0.717) is 41.5 Å². The highest BCUT2D eigenvalue weighted by Gasteiger charge is 2.21. The molecule has 2 aromatic rings. The molecule has 2 aromatic carbocycles. The predicted molar refractivity (Wildman–Crippen MR) is 81.7 cm³/mol. The van der Waals surface area contributed by atoms with E-state index in [1.165, 1.54) is 6.07 Å². The average Bonchev–Trinajstić information content (AvgIpc) is 2.46. The Morgan fingerprint density at radius 3 is 2.24 bits per heavy atom. The summed E-state index contributed by atoms with van der Waals surface area (Å²) in [4.78, 5) is 12.6. The first-order chi connectivity index (χ1) is 10.1. The molecule has 4 nitrogen and oxygen atoms in total. The second-order valence-corrected chi connectivity index (χ2v) is 5.36.